The molecule has 0 rings (SSSR count). The molecule has 0 saturated heterocycles. The molecule has 0 radical (unpaired) electrons. The molecule has 0 aliphatic carbocycles. The molecule has 4 N–H and O–H groups in total. The minimum atomic E-state index is -1.61. The quantitative estimate of drug-likeness (QED) is 0.343. The van der Waals surface area contributed by atoms with Crippen LogP contribution in [-0.4, -0.2) is 45.2 Å². The molecule has 0 heterocycles. The average molecular weight is 236 g/mol. The molecule has 5 heteroatoms. The maximum absolute atomic E-state index is 9.01. The van der Waals surface area contributed by atoms with Crippen molar-refractivity contribution in [3.63, 3.8) is 0 Å². The monoisotopic (exact) mass is 236 g/mol. The SMILES string of the molecule is CC(O)(O)CCCCOCCCC(C)(O)O. The maximum Gasteiger partial charge on any atom is 0.159 e. The van der Waals surface area contributed by atoms with Gasteiger partial charge in [0.2, 0.25) is 0 Å². The van der Waals surface area contributed by atoms with Gasteiger partial charge in [0.05, 0.1) is 0 Å². The van der Waals surface area contributed by atoms with E-state index >= 15 is 0 Å². The summed E-state index contributed by atoms with van der Waals surface area (Å²) in [6.45, 7) is 3.75. The Kier molecular flexibility index (Phi) is 7.10. The number of rotatable bonds is 9. The van der Waals surface area contributed by atoms with Crippen LogP contribution in [0.2, 0.25) is 0 Å². The molecule has 0 amide bonds. The van der Waals surface area contributed by atoms with E-state index in [1.165, 1.54) is 13.8 Å². The van der Waals surface area contributed by atoms with E-state index in [1.54, 1.807) is 0 Å². The summed E-state index contributed by atoms with van der Waals surface area (Å²) in [4.78, 5) is 0. The van der Waals surface area contributed by atoms with Gasteiger partial charge in [0.25, 0.3) is 0 Å². The second kappa shape index (κ2) is 7.19. The standard InChI is InChI=1S/C11H24O5/c1-10(12,13)6-3-4-8-16-9-5-7-11(2,14)15/h12-15H,3-9H2,1-2H3. The molecular weight excluding hydrogens is 212 g/mol. The highest BCUT2D eigenvalue weighted by molar-refractivity contribution is 4.57. The van der Waals surface area contributed by atoms with Crippen LogP contribution in [0.15, 0.2) is 0 Å². The Balaban J connectivity index is 3.17. The van der Waals surface area contributed by atoms with E-state index in [4.69, 9.17) is 25.2 Å². The third kappa shape index (κ3) is 13.8. The summed E-state index contributed by atoms with van der Waals surface area (Å²) in [6, 6.07) is 0. The van der Waals surface area contributed by atoms with Gasteiger partial charge in [0.15, 0.2) is 11.6 Å². The summed E-state index contributed by atoms with van der Waals surface area (Å²) in [6.07, 6.45) is 2.69. The number of hydrogen-bond acceptors (Lipinski definition) is 5. The number of hydrogen-bond donors (Lipinski definition) is 4. The van der Waals surface area contributed by atoms with Crippen LogP contribution in [-0.2, 0) is 4.74 Å². The van der Waals surface area contributed by atoms with Gasteiger partial charge in [-0.1, -0.05) is 0 Å². The van der Waals surface area contributed by atoms with Crippen LogP contribution < -0.4 is 0 Å². The number of unbranched alkanes of at least 4 members (excludes halogenated alkanes) is 1. The van der Waals surface area contributed by atoms with Gasteiger partial charge >= 0.3 is 0 Å². The van der Waals surface area contributed by atoms with Gasteiger partial charge in [-0.05, 0) is 33.1 Å². The fraction of sp³-hybridized carbons (Fsp3) is 1.00. The topological polar surface area (TPSA) is 90.2 Å². The first kappa shape index (κ1) is 15.8. The Hall–Kier alpha value is -0.200. The predicted octanol–water partition coefficient (Wildman–Crippen LogP) is 0.355. The fourth-order valence-corrected chi connectivity index (χ4v) is 1.28. The Morgan fingerprint density at radius 3 is 1.69 bits per heavy atom. The summed E-state index contributed by atoms with van der Waals surface area (Å²) in [5, 5.41) is 36.0. The lowest BCUT2D eigenvalue weighted by Crippen LogP contribution is -2.23. The molecule has 0 aromatic heterocycles. The Morgan fingerprint density at radius 1 is 0.750 bits per heavy atom. The first-order valence-corrected chi connectivity index (χ1v) is 5.68. The molecule has 16 heavy (non-hydrogen) atoms. The average Bonchev–Trinajstić information content (AvgIpc) is 2.06. The van der Waals surface area contributed by atoms with Crippen LogP contribution in [0, 0.1) is 0 Å². The molecule has 0 bridgehead atoms. The first-order valence-electron chi connectivity index (χ1n) is 5.68. The van der Waals surface area contributed by atoms with Crippen LogP contribution in [0.25, 0.3) is 0 Å². The van der Waals surface area contributed by atoms with Crippen molar-refractivity contribution in [1.82, 2.24) is 0 Å². The maximum atomic E-state index is 9.01. The molecule has 0 unspecified atom stereocenters. The molecule has 0 atom stereocenters. The summed E-state index contributed by atoms with van der Waals surface area (Å²) >= 11 is 0. The van der Waals surface area contributed by atoms with Crippen LogP contribution in [0.5, 0.6) is 0 Å². The van der Waals surface area contributed by atoms with Crippen molar-refractivity contribution in [1.29, 1.82) is 0 Å². The molecular formula is C11H24O5. The fourth-order valence-electron chi connectivity index (χ4n) is 1.28. The van der Waals surface area contributed by atoms with Crippen LogP contribution in [0.4, 0.5) is 0 Å². The van der Waals surface area contributed by atoms with Crippen molar-refractivity contribution in [3.8, 4) is 0 Å². The highest BCUT2D eigenvalue weighted by atomic mass is 16.5. The van der Waals surface area contributed by atoms with Gasteiger partial charge < -0.3 is 25.2 Å². The van der Waals surface area contributed by atoms with Gasteiger partial charge in [-0.25, -0.2) is 0 Å². The lowest BCUT2D eigenvalue weighted by Gasteiger charge is -2.16. The van der Waals surface area contributed by atoms with Gasteiger partial charge in [0.1, 0.15) is 0 Å². The van der Waals surface area contributed by atoms with Crippen molar-refractivity contribution in [2.45, 2.75) is 57.5 Å². The molecule has 0 aromatic carbocycles. The Labute approximate surface area is 96.7 Å². The highest BCUT2D eigenvalue weighted by Gasteiger charge is 2.14. The summed E-state index contributed by atoms with van der Waals surface area (Å²) in [5.41, 5.74) is 0. The number of aliphatic hydroxyl groups is 4. The zero-order chi connectivity index (χ0) is 12.7. The first-order chi connectivity index (χ1) is 7.21. The second-order valence-corrected chi connectivity index (χ2v) is 4.61. The van der Waals surface area contributed by atoms with Gasteiger partial charge in [-0.2, -0.15) is 0 Å². The van der Waals surface area contributed by atoms with E-state index < -0.39 is 11.6 Å². The van der Waals surface area contributed by atoms with Gasteiger partial charge in [0, 0.05) is 26.1 Å². The summed E-state index contributed by atoms with van der Waals surface area (Å²) in [5.74, 6) is -3.20. The van der Waals surface area contributed by atoms with Crippen molar-refractivity contribution in [2.24, 2.45) is 0 Å². The number of ether oxygens (including phenoxy) is 1. The molecule has 0 fully saturated rings. The molecule has 5 nitrogen and oxygen atoms in total. The van der Waals surface area contributed by atoms with E-state index in [-0.39, 0.29) is 0 Å². The molecule has 0 aromatic rings. The van der Waals surface area contributed by atoms with Crippen LogP contribution in [0.1, 0.15) is 46.0 Å². The Bertz CT molecular complexity index is 148. The van der Waals surface area contributed by atoms with E-state index in [0.717, 1.165) is 6.42 Å². The second-order valence-electron chi connectivity index (χ2n) is 4.61. The third-order valence-electron chi connectivity index (χ3n) is 2.13. The van der Waals surface area contributed by atoms with Crippen LogP contribution in [0.3, 0.4) is 0 Å². The largest absolute Gasteiger partial charge is 0.381 e. The lowest BCUT2D eigenvalue weighted by molar-refractivity contribution is -0.153. The van der Waals surface area contributed by atoms with E-state index in [0.29, 0.717) is 38.9 Å². The smallest absolute Gasteiger partial charge is 0.159 e. The zero-order valence-corrected chi connectivity index (χ0v) is 10.1. The van der Waals surface area contributed by atoms with Crippen LogP contribution >= 0.6 is 0 Å². The molecule has 0 aliphatic rings. The van der Waals surface area contributed by atoms with E-state index in [9.17, 15) is 0 Å². The van der Waals surface area contributed by atoms with Crippen molar-refractivity contribution in [2.75, 3.05) is 13.2 Å². The highest BCUT2D eigenvalue weighted by Crippen LogP contribution is 2.10. The normalized spacial score (nSPS) is 13.1. The van der Waals surface area contributed by atoms with Gasteiger partial charge in [-0.3, -0.25) is 0 Å². The van der Waals surface area contributed by atoms with E-state index in [1.807, 2.05) is 0 Å². The summed E-state index contributed by atoms with van der Waals surface area (Å²) < 4.78 is 5.26. The predicted molar refractivity (Wildman–Crippen MR) is 59.6 cm³/mol. The molecule has 0 aliphatic heterocycles. The molecule has 0 spiro atoms. The van der Waals surface area contributed by atoms with Crippen molar-refractivity contribution in [3.05, 3.63) is 0 Å². The Morgan fingerprint density at radius 2 is 1.19 bits per heavy atom. The minimum absolute atomic E-state index is 0.290. The van der Waals surface area contributed by atoms with E-state index in [2.05, 4.69) is 0 Å². The minimum Gasteiger partial charge on any atom is -0.381 e. The van der Waals surface area contributed by atoms with Gasteiger partial charge in [-0.15, -0.1) is 0 Å². The van der Waals surface area contributed by atoms with Crippen molar-refractivity contribution >= 4 is 0 Å². The lowest BCUT2D eigenvalue weighted by atomic mass is 10.1. The molecule has 0 saturated carbocycles. The van der Waals surface area contributed by atoms with Crippen molar-refractivity contribution < 1.29 is 25.2 Å². The summed E-state index contributed by atoms with van der Waals surface area (Å²) in [7, 11) is 0. The molecule has 98 valence electrons. The third-order valence-corrected chi connectivity index (χ3v) is 2.13. The zero-order valence-electron chi connectivity index (χ0n) is 10.1.